The van der Waals surface area contributed by atoms with Crippen LogP contribution in [0.4, 0.5) is 20.2 Å². The van der Waals surface area contributed by atoms with Crippen molar-refractivity contribution in [1.29, 1.82) is 0 Å². The molecule has 3 heteroatoms. The van der Waals surface area contributed by atoms with Gasteiger partial charge in [0.1, 0.15) is 11.6 Å². The van der Waals surface area contributed by atoms with Gasteiger partial charge in [0.05, 0.1) is 11.4 Å². The number of halogens is 2. The molecule has 0 atom stereocenters. The van der Waals surface area contributed by atoms with E-state index in [4.69, 9.17) is 0 Å². The molecule has 0 spiro atoms. The zero-order chi connectivity index (χ0) is 26.0. The number of hydrogen-bond donors (Lipinski definition) is 0. The van der Waals surface area contributed by atoms with E-state index in [1.807, 2.05) is 87.5 Å². The van der Waals surface area contributed by atoms with Crippen LogP contribution in [0, 0.1) is 11.6 Å². The number of nitrogens with zero attached hydrogens (tertiary/aromatic N) is 1. The number of hydrogen-bond acceptors (Lipinski definition) is 1. The second-order valence-corrected chi connectivity index (χ2v) is 10.1. The van der Waals surface area contributed by atoms with Crippen molar-refractivity contribution in [3.63, 3.8) is 0 Å². The van der Waals surface area contributed by atoms with Gasteiger partial charge in [0.15, 0.2) is 0 Å². The summed E-state index contributed by atoms with van der Waals surface area (Å²) in [5.41, 5.74) is 5.88. The third kappa shape index (κ3) is 5.03. The lowest BCUT2D eigenvalue weighted by Gasteiger charge is -2.38. The van der Waals surface area contributed by atoms with Crippen molar-refractivity contribution >= 4 is 11.4 Å². The maximum Gasteiger partial charge on any atom is 0.147 e. The van der Waals surface area contributed by atoms with Crippen molar-refractivity contribution in [3.8, 4) is 33.4 Å². The fourth-order valence-corrected chi connectivity index (χ4v) is 4.79. The van der Waals surface area contributed by atoms with E-state index in [9.17, 15) is 4.39 Å². The van der Waals surface area contributed by atoms with Gasteiger partial charge in [0, 0.05) is 5.54 Å². The van der Waals surface area contributed by atoms with Crippen molar-refractivity contribution in [2.45, 2.75) is 26.3 Å². The molecule has 0 heterocycles. The van der Waals surface area contributed by atoms with E-state index in [-0.39, 0.29) is 0 Å². The van der Waals surface area contributed by atoms with Crippen molar-refractivity contribution in [3.05, 3.63) is 133 Å². The lowest BCUT2D eigenvalue weighted by Crippen LogP contribution is -2.38. The molecule has 0 bridgehead atoms. The first kappa shape index (κ1) is 24.5. The van der Waals surface area contributed by atoms with Crippen LogP contribution < -0.4 is 4.90 Å². The average molecular weight is 490 g/mol. The Bertz CT molecular complexity index is 1500. The fraction of sp³-hybridized carbons (Fsp3) is 0.118. The topological polar surface area (TPSA) is 3.24 Å². The Labute approximate surface area is 217 Å². The first-order valence-corrected chi connectivity index (χ1v) is 12.4. The van der Waals surface area contributed by atoms with Gasteiger partial charge < -0.3 is 4.90 Å². The highest BCUT2D eigenvalue weighted by atomic mass is 19.1. The van der Waals surface area contributed by atoms with Gasteiger partial charge in [-0.15, -0.1) is 0 Å². The molecule has 0 N–H and O–H groups in total. The molecule has 0 unspecified atom stereocenters. The molecule has 5 aromatic rings. The Balaban J connectivity index is 1.69. The first-order chi connectivity index (χ1) is 17.8. The molecule has 0 aromatic heterocycles. The van der Waals surface area contributed by atoms with Gasteiger partial charge in [-0.2, -0.15) is 0 Å². The molecule has 0 aliphatic rings. The molecule has 0 aliphatic heterocycles. The van der Waals surface area contributed by atoms with Gasteiger partial charge in [0.25, 0.3) is 0 Å². The SMILES string of the molecule is CC(C)(C)N(c1ccccc1F)c1cc(-c2ccccc2)c(-c2ccc(-c3ccccc3)cc2)cc1F. The summed E-state index contributed by atoms with van der Waals surface area (Å²) in [7, 11) is 0. The zero-order valence-corrected chi connectivity index (χ0v) is 21.3. The average Bonchev–Trinajstić information content (AvgIpc) is 2.91. The minimum atomic E-state index is -0.574. The maximum atomic E-state index is 16.0. The summed E-state index contributed by atoms with van der Waals surface area (Å²) >= 11 is 0. The van der Waals surface area contributed by atoms with Crippen LogP contribution in [-0.4, -0.2) is 5.54 Å². The van der Waals surface area contributed by atoms with Crippen LogP contribution in [0.3, 0.4) is 0 Å². The zero-order valence-electron chi connectivity index (χ0n) is 21.3. The molecule has 37 heavy (non-hydrogen) atoms. The van der Waals surface area contributed by atoms with Crippen molar-refractivity contribution in [1.82, 2.24) is 0 Å². The number of para-hydroxylation sites is 1. The van der Waals surface area contributed by atoms with E-state index in [0.717, 1.165) is 33.4 Å². The van der Waals surface area contributed by atoms with E-state index in [0.29, 0.717) is 11.4 Å². The van der Waals surface area contributed by atoms with E-state index in [2.05, 4.69) is 24.3 Å². The van der Waals surface area contributed by atoms with Crippen LogP contribution in [0.25, 0.3) is 33.4 Å². The molecule has 5 aromatic carbocycles. The number of anilines is 2. The van der Waals surface area contributed by atoms with Crippen LogP contribution in [0.1, 0.15) is 20.8 Å². The minimum Gasteiger partial charge on any atom is -0.331 e. The summed E-state index contributed by atoms with van der Waals surface area (Å²) in [5.74, 6) is -0.793. The van der Waals surface area contributed by atoms with Gasteiger partial charge in [-0.3, -0.25) is 0 Å². The van der Waals surface area contributed by atoms with Crippen LogP contribution >= 0.6 is 0 Å². The number of rotatable bonds is 5. The normalized spacial score (nSPS) is 11.4. The van der Waals surface area contributed by atoms with Crippen LogP contribution in [-0.2, 0) is 0 Å². The third-order valence-corrected chi connectivity index (χ3v) is 6.48. The first-order valence-electron chi connectivity index (χ1n) is 12.4. The van der Waals surface area contributed by atoms with E-state index in [1.165, 1.54) is 6.07 Å². The summed E-state index contributed by atoms with van der Waals surface area (Å²) < 4.78 is 31.0. The van der Waals surface area contributed by atoms with E-state index >= 15 is 4.39 Å². The highest BCUT2D eigenvalue weighted by Gasteiger charge is 2.29. The molecular weight excluding hydrogens is 460 g/mol. The molecule has 0 aliphatic carbocycles. The molecule has 0 amide bonds. The second-order valence-electron chi connectivity index (χ2n) is 10.1. The van der Waals surface area contributed by atoms with E-state index in [1.54, 1.807) is 29.2 Å². The molecule has 184 valence electrons. The molecule has 0 saturated carbocycles. The Hall–Kier alpha value is -4.24. The van der Waals surface area contributed by atoms with Gasteiger partial charge in [-0.05, 0) is 78.4 Å². The lowest BCUT2D eigenvalue weighted by molar-refractivity contribution is 0.527. The fourth-order valence-electron chi connectivity index (χ4n) is 4.79. The largest absolute Gasteiger partial charge is 0.331 e. The van der Waals surface area contributed by atoms with Crippen molar-refractivity contribution in [2.75, 3.05) is 4.90 Å². The highest BCUT2D eigenvalue weighted by molar-refractivity contribution is 5.88. The Morgan fingerprint density at radius 1 is 0.459 bits per heavy atom. The monoisotopic (exact) mass is 489 g/mol. The van der Waals surface area contributed by atoms with Crippen molar-refractivity contribution < 1.29 is 8.78 Å². The van der Waals surface area contributed by atoms with Crippen LogP contribution in [0.2, 0.25) is 0 Å². The van der Waals surface area contributed by atoms with Crippen molar-refractivity contribution in [2.24, 2.45) is 0 Å². The molecule has 5 rings (SSSR count). The third-order valence-electron chi connectivity index (χ3n) is 6.48. The predicted octanol–water partition coefficient (Wildman–Crippen LogP) is 9.90. The van der Waals surface area contributed by atoms with Crippen LogP contribution in [0.15, 0.2) is 121 Å². The molecule has 0 radical (unpaired) electrons. The number of benzene rings is 5. The summed E-state index contributed by atoms with van der Waals surface area (Å²) in [6, 6.07) is 38.2. The smallest absolute Gasteiger partial charge is 0.147 e. The van der Waals surface area contributed by atoms with Gasteiger partial charge in [0.2, 0.25) is 0 Å². The molecular formula is C34H29F2N. The maximum absolute atomic E-state index is 16.0. The second kappa shape index (κ2) is 10.0. The molecule has 1 nitrogen and oxygen atoms in total. The predicted molar refractivity (Wildman–Crippen MR) is 151 cm³/mol. The van der Waals surface area contributed by atoms with Gasteiger partial charge in [-0.1, -0.05) is 97.1 Å². The highest BCUT2D eigenvalue weighted by Crippen LogP contribution is 2.42. The quantitative estimate of drug-likeness (QED) is 0.237. The Kier molecular flexibility index (Phi) is 6.62. The Morgan fingerprint density at radius 3 is 1.51 bits per heavy atom. The van der Waals surface area contributed by atoms with Gasteiger partial charge in [-0.25, -0.2) is 8.78 Å². The lowest BCUT2D eigenvalue weighted by atomic mass is 9.91. The van der Waals surface area contributed by atoms with E-state index < -0.39 is 17.2 Å². The van der Waals surface area contributed by atoms with Gasteiger partial charge >= 0.3 is 0 Å². The standard InChI is InChI=1S/C34H29F2N/c1-34(2,3)37(32-17-11-10-16-30(32)35)33-23-29(26-14-8-5-9-15-26)28(22-31(33)36)27-20-18-25(19-21-27)24-12-6-4-7-13-24/h4-23H,1-3H3. The Morgan fingerprint density at radius 2 is 0.919 bits per heavy atom. The summed E-state index contributed by atoms with van der Waals surface area (Å²) in [4.78, 5) is 1.74. The summed E-state index contributed by atoms with van der Waals surface area (Å²) in [6.45, 7) is 5.87. The summed E-state index contributed by atoms with van der Waals surface area (Å²) in [6.07, 6.45) is 0. The van der Waals surface area contributed by atoms with Crippen LogP contribution in [0.5, 0.6) is 0 Å². The molecule has 0 fully saturated rings. The minimum absolute atomic E-state index is 0.334. The summed E-state index contributed by atoms with van der Waals surface area (Å²) in [5, 5.41) is 0. The molecule has 0 saturated heterocycles.